The number of para-hydroxylation sites is 1. The molecule has 1 saturated heterocycles. The Kier molecular flexibility index (Phi) is 5.65. The minimum absolute atomic E-state index is 0.00591. The molecule has 0 unspecified atom stereocenters. The number of piperazine rings is 1. The number of carbonyl (C=O) groups is 1. The van der Waals surface area contributed by atoms with Crippen LogP contribution in [0.1, 0.15) is 13.3 Å². The van der Waals surface area contributed by atoms with Crippen LogP contribution in [0.25, 0.3) is 10.8 Å². The number of hydrogen-bond donors (Lipinski definition) is 0. The molecule has 3 aromatic rings. The Hall–Kier alpha value is -3.08. The van der Waals surface area contributed by atoms with Gasteiger partial charge in [0.2, 0.25) is 0 Å². The predicted molar refractivity (Wildman–Crippen MR) is 114 cm³/mol. The molecule has 0 bridgehead atoms. The minimum Gasteiger partial charge on any atom is -0.480 e. The molecule has 1 aliphatic heterocycles. The second-order valence-corrected chi connectivity index (χ2v) is 7.26. The highest BCUT2D eigenvalue weighted by Gasteiger charge is 2.28. The van der Waals surface area contributed by atoms with Crippen molar-refractivity contribution in [3.8, 4) is 5.75 Å². The summed E-state index contributed by atoms with van der Waals surface area (Å²) in [4.78, 5) is 16.9. The van der Waals surface area contributed by atoms with Crippen molar-refractivity contribution in [1.29, 1.82) is 0 Å². The van der Waals surface area contributed by atoms with Crippen LogP contribution >= 0.6 is 0 Å². The predicted octanol–water partition coefficient (Wildman–Crippen LogP) is 4.49. The Morgan fingerprint density at radius 1 is 0.966 bits per heavy atom. The molecule has 1 heterocycles. The number of halogens is 1. The number of benzene rings is 3. The summed E-state index contributed by atoms with van der Waals surface area (Å²) in [5.41, 5.74) is 0.596. The van der Waals surface area contributed by atoms with E-state index in [-0.39, 0.29) is 11.7 Å². The largest absolute Gasteiger partial charge is 0.480 e. The number of amides is 1. The van der Waals surface area contributed by atoms with E-state index in [1.54, 1.807) is 12.1 Å². The summed E-state index contributed by atoms with van der Waals surface area (Å²) >= 11 is 0. The summed E-state index contributed by atoms with van der Waals surface area (Å²) in [6.07, 6.45) is 0.0658. The van der Waals surface area contributed by atoms with E-state index in [9.17, 15) is 9.18 Å². The van der Waals surface area contributed by atoms with E-state index in [4.69, 9.17) is 4.74 Å². The van der Waals surface area contributed by atoms with Crippen molar-refractivity contribution in [2.75, 3.05) is 31.1 Å². The number of carbonyl (C=O) groups excluding carboxylic acids is 1. The average molecular weight is 392 g/mol. The molecule has 4 rings (SSSR count). The number of anilines is 1. The van der Waals surface area contributed by atoms with Gasteiger partial charge in [0, 0.05) is 31.6 Å². The number of nitrogens with zero attached hydrogens (tertiary/aromatic N) is 2. The first kappa shape index (κ1) is 19.2. The summed E-state index contributed by atoms with van der Waals surface area (Å²) in [5.74, 6) is 0.500. The van der Waals surface area contributed by atoms with Crippen molar-refractivity contribution >= 4 is 22.4 Å². The second kappa shape index (κ2) is 8.52. The van der Waals surface area contributed by atoms with E-state index in [1.165, 1.54) is 6.07 Å². The Morgan fingerprint density at radius 2 is 1.66 bits per heavy atom. The first-order chi connectivity index (χ1) is 14.2. The summed E-state index contributed by atoms with van der Waals surface area (Å²) in [6, 6.07) is 20.7. The Bertz CT molecular complexity index is 994. The second-order valence-electron chi connectivity index (χ2n) is 7.26. The standard InChI is InChI=1S/C24H25FN2O2/c1-2-22(29-23-13-7-9-18-8-3-4-10-19(18)23)24(28)27-16-14-26(15-17-27)21-12-6-5-11-20(21)25/h3-13,22H,2,14-17H2,1H3/t22-/m1/s1. The zero-order valence-electron chi connectivity index (χ0n) is 16.6. The highest BCUT2D eigenvalue weighted by Crippen LogP contribution is 2.27. The molecule has 3 aromatic carbocycles. The minimum atomic E-state index is -0.527. The Morgan fingerprint density at radius 3 is 2.41 bits per heavy atom. The first-order valence-corrected chi connectivity index (χ1v) is 10.1. The molecular weight excluding hydrogens is 367 g/mol. The van der Waals surface area contributed by atoms with Gasteiger partial charge in [-0.1, -0.05) is 55.5 Å². The lowest BCUT2D eigenvalue weighted by Gasteiger charge is -2.37. The fraction of sp³-hybridized carbons (Fsp3) is 0.292. The van der Waals surface area contributed by atoms with Crippen molar-refractivity contribution in [3.63, 3.8) is 0 Å². The van der Waals surface area contributed by atoms with E-state index >= 15 is 0 Å². The average Bonchev–Trinajstić information content (AvgIpc) is 2.77. The lowest BCUT2D eigenvalue weighted by molar-refractivity contribution is -0.139. The van der Waals surface area contributed by atoms with Gasteiger partial charge in [-0.25, -0.2) is 4.39 Å². The molecule has 0 saturated carbocycles. The van der Waals surface area contributed by atoms with E-state index < -0.39 is 6.10 Å². The van der Waals surface area contributed by atoms with Crippen LogP contribution in [0.5, 0.6) is 5.75 Å². The number of fused-ring (bicyclic) bond motifs is 1. The SMILES string of the molecule is CC[C@@H](Oc1cccc2ccccc12)C(=O)N1CCN(c2ccccc2F)CC1. The van der Waals surface area contributed by atoms with Gasteiger partial charge in [-0.15, -0.1) is 0 Å². The van der Waals surface area contributed by atoms with Crippen LogP contribution in [0.4, 0.5) is 10.1 Å². The summed E-state index contributed by atoms with van der Waals surface area (Å²) in [6.45, 7) is 4.29. The van der Waals surface area contributed by atoms with Gasteiger partial charge in [0.25, 0.3) is 5.91 Å². The number of ether oxygens (including phenoxy) is 1. The maximum Gasteiger partial charge on any atom is 0.263 e. The van der Waals surface area contributed by atoms with Crippen LogP contribution in [0.3, 0.4) is 0 Å². The smallest absolute Gasteiger partial charge is 0.263 e. The molecule has 5 heteroatoms. The Balaban J connectivity index is 1.44. The molecule has 0 aromatic heterocycles. The van der Waals surface area contributed by atoms with Crippen molar-refractivity contribution < 1.29 is 13.9 Å². The highest BCUT2D eigenvalue weighted by atomic mass is 19.1. The molecule has 150 valence electrons. The zero-order chi connectivity index (χ0) is 20.2. The van der Waals surface area contributed by atoms with Gasteiger partial charge >= 0.3 is 0 Å². The van der Waals surface area contributed by atoms with E-state index in [2.05, 4.69) is 0 Å². The van der Waals surface area contributed by atoms with Crippen LogP contribution < -0.4 is 9.64 Å². The molecule has 0 N–H and O–H groups in total. The fourth-order valence-electron chi connectivity index (χ4n) is 3.84. The van der Waals surface area contributed by atoms with Crippen molar-refractivity contribution in [2.24, 2.45) is 0 Å². The summed E-state index contributed by atoms with van der Waals surface area (Å²) in [7, 11) is 0. The van der Waals surface area contributed by atoms with Crippen molar-refractivity contribution in [1.82, 2.24) is 4.90 Å². The van der Waals surface area contributed by atoms with E-state index in [0.717, 1.165) is 16.5 Å². The molecule has 29 heavy (non-hydrogen) atoms. The van der Waals surface area contributed by atoms with Gasteiger partial charge in [-0.3, -0.25) is 4.79 Å². The number of hydrogen-bond acceptors (Lipinski definition) is 3. The van der Waals surface area contributed by atoms with Gasteiger partial charge in [-0.05, 0) is 30.0 Å². The molecule has 0 spiro atoms. The quantitative estimate of drug-likeness (QED) is 0.642. The third kappa shape index (κ3) is 4.04. The van der Waals surface area contributed by atoms with Gasteiger partial charge in [0.05, 0.1) is 5.69 Å². The Labute approximate surface area is 170 Å². The van der Waals surface area contributed by atoms with Crippen LogP contribution in [0.15, 0.2) is 66.7 Å². The van der Waals surface area contributed by atoms with Crippen LogP contribution in [-0.2, 0) is 4.79 Å². The van der Waals surface area contributed by atoms with Gasteiger partial charge in [-0.2, -0.15) is 0 Å². The van der Waals surface area contributed by atoms with Crippen LogP contribution in [-0.4, -0.2) is 43.1 Å². The summed E-state index contributed by atoms with van der Waals surface area (Å²) in [5, 5.41) is 2.09. The van der Waals surface area contributed by atoms with Crippen molar-refractivity contribution in [3.05, 3.63) is 72.5 Å². The molecule has 0 aliphatic carbocycles. The molecular formula is C24H25FN2O2. The molecule has 4 nitrogen and oxygen atoms in total. The van der Waals surface area contributed by atoms with Gasteiger partial charge in [0.1, 0.15) is 11.6 Å². The monoisotopic (exact) mass is 392 g/mol. The maximum atomic E-state index is 14.0. The lowest BCUT2D eigenvalue weighted by Crippen LogP contribution is -2.52. The summed E-state index contributed by atoms with van der Waals surface area (Å²) < 4.78 is 20.2. The molecule has 1 fully saturated rings. The van der Waals surface area contributed by atoms with Crippen LogP contribution in [0, 0.1) is 5.82 Å². The molecule has 1 atom stereocenters. The third-order valence-electron chi connectivity index (χ3n) is 5.45. The third-order valence-corrected chi connectivity index (χ3v) is 5.45. The first-order valence-electron chi connectivity index (χ1n) is 10.1. The van der Waals surface area contributed by atoms with Crippen molar-refractivity contribution in [2.45, 2.75) is 19.4 Å². The number of rotatable bonds is 5. The maximum absolute atomic E-state index is 14.0. The topological polar surface area (TPSA) is 32.8 Å². The highest BCUT2D eigenvalue weighted by molar-refractivity contribution is 5.89. The van der Waals surface area contributed by atoms with Gasteiger partial charge in [0.15, 0.2) is 6.10 Å². The van der Waals surface area contributed by atoms with Crippen LogP contribution in [0.2, 0.25) is 0 Å². The molecule has 1 amide bonds. The molecule has 0 radical (unpaired) electrons. The zero-order valence-corrected chi connectivity index (χ0v) is 16.6. The van der Waals surface area contributed by atoms with E-state index in [1.807, 2.05) is 65.3 Å². The fourth-order valence-corrected chi connectivity index (χ4v) is 3.84. The molecule has 1 aliphatic rings. The van der Waals surface area contributed by atoms with E-state index in [0.29, 0.717) is 38.3 Å². The van der Waals surface area contributed by atoms with Gasteiger partial charge < -0.3 is 14.5 Å². The normalized spacial score (nSPS) is 15.4. The lowest BCUT2D eigenvalue weighted by atomic mass is 10.1.